The number of methoxy groups -OCH3 is 1. The Bertz CT molecular complexity index is 1500. The van der Waals surface area contributed by atoms with E-state index in [9.17, 15) is 14.7 Å². The minimum Gasteiger partial charge on any atom is -0.507 e. The van der Waals surface area contributed by atoms with Gasteiger partial charge in [-0.15, -0.1) is 0 Å². The van der Waals surface area contributed by atoms with E-state index in [1.54, 1.807) is 49.6 Å². The molecule has 4 aromatic rings. The minimum atomic E-state index is -0.829. The summed E-state index contributed by atoms with van der Waals surface area (Å²) in [7, 11) is 1.57. The van der Waals surface area contributed by atoms with E-state index in [1.807, 2.05) is 49.4 Å². The van der Waals surface area contributed by atoms with Crippen LogP contribution in [0.1, 0.15) is 22.7 Å². The zero-order valence-corrected chi connectivity index (χ0v) is 19.9. The first-order valence-electron chi connectivity index (χ1n) is 11.1. The largest absolute Gasteiger partial charge is 0.507 e. The van der Waals surface area contributed by atoms with Crippen LogP contribution in [0.25, 0.3) is 16.5 Å². The number of halogens is 1. The number of Topliss-reactive ketones (excluding diaryl/α,β-unsaturated/α-hetero) is 1. The highest BCUT2D eigenvalue weighted by molar-refractivity contribution is 6.52. The highest BCUT2D eigenvalue weighted by Crippen LogP contribution is 2.44. The van der Waals surface area contributed by atoms with Crippen LogP contribution < -0.4 is 9.64 Å². The second-order valence-electron chi connectivity index (χ2n) is 8.40. The Kier molecular flexibility index (Phi) is 5.79. The molecule has 1 N–H and O–H groups in total. The molecule has 0 bridgehead atoms. The zero-order valence-electron chi connectivity index (χ0n) is 19.2. The maximum atomic E-state index is 13.4. The van der Waals surface area contributed by atoms with Crippen LogP contribution >= 0.6 is 11.6 Å². The van der Waals surface area contributed by atoms with Crippen molar-refractivity contribution < 1.29 is 19.4 Å². The normalized spacial score (nSPS) is 17.2. The number of carbonyl (C=O) groups is 2. The van der Waals surface area contributed by atoms with Gasteiger partial charge in [-0.1, -0.05) is 54.1 Å². The van der Waals surface area contributed by atoms with Crippen LogP contribution in [0.15, 0.2) is 90.5 Å². The smallest absolute Gasteiger partial charge is 0.300 e. The summed E-state index contributed by atoms with van der Waals surface area (Å²) in [6.07, 6.45) is 0. The molecule has 1 fully saturated rings. The van der Waals surface area contributed by atoms with Gasteiger partial charge in [-0.3, -0.25) is 14.5 Å². The van der Waals surface area contributed by atoms with Crippen molar-refractivity contribution in [2.45, 2.75) is 13.0 Å². The van der Waals surface area contributed by atoms with Crippen molar-refractivity contribution >= 4 is 45.5 Å². The highest BCUT2D eigenvalue weighted by atomic mass is 35.5. The van der Waals surface area contributed by atoms with Crippen molar-refractivity contribution in [3.8, 4) is 5.75 Å². The number of fused-ring (bicyclic) bond motifs is 1. The first-order chi connectivity index (χ1) is 16.9. The molecular weight excluding hydrogens is 462 g/mol. The molecular formula is C29H22ClNO4. The fraction of sp³-hybridized carbons (Fsp3) is 0.103. The summed E-state index contributed by atoms with van der Waals surface area (Å²) in [5.41, 5.74) is 2.52. The number of ether oxygens (including phenoxy) is 1. The van der Waals surface area contributed by atoms with E-state index in [-0.39, 0.29) is 11.3 Å². The topological polar surface area (TPSA) is 66.8 Å². The van der Waals surface area contributed by atoms with Gasteiger partial charge >= 0.3 is 0 Å². The van der Waals surface area contributed by atoms with E-state index < -0.39 is 17.7 Å². The van der Waals surface area contributed by atoms with Gasteiger partial charge in [0.05, 0.1) is 18.7 Å². The molecule has 1 heterocycles. The number of hydrogen-bond donors (Lipinski definition) is 1. The molecule has 4 aromatic carbocycles. The van der Waals surface area contributed by atoms with Crippen molar-refractivity contribution in [3.05, 3.63) is 112 Å². The SMILES string of the molecule is COc1ccc(/C(O)=C2/C(=O)C(=O)N(c3ccc(Cl)cc3)C2c2cccc3ccccc23)cc1C. The van der Waals surface area contributed by atoms with E-state index in [1.165, 1.54) is 4.90 Å². The third-order valence-electron chi connectivity index (χ3n) is 6.34. The summed E-state index contributed by atoms with van der Waals surface area (Å²) in [6.45, 7) is 1.85. The third-order valence-corrected chi connectivity index (χ3v) is 6.59. The number of amides is 1. The lowest BCUT2D eigenvalue weighted by molar-refractivity contribution is -0.132. The molecule has 0 radical (unpaired) electrons. The number of benzene rings is 4. The molecule has 35 heavy (non-hydrogen) atoms. The molecule has 0 saturated carbocycles. The van der Waals surface area contributed by atoms with E-state index in [4.69, 9.17) is 16.3 Å². The monoisotopic (exact) mass is 483 g/mol. The van der Waals surface area contributed by atoms with Crippen LogP contribution in [0.3, 0.4) is 0 Å². The molecule has 0 aromatic heterocycles. The summed E-state index contributed by atoms with van der Waals surface area (Å²) < 4.78 is 5.33. The van der Waals surface area contributed by atoms with Gasteiger partial charge in [-0.2, -0.15) is 0 Å². The lowest BCUT2D eigenvalue weighted by Crippen LogP contribution is -2.29. The number of aliphatic hydroxyl groups excluding tert-OH is 1. The van der Waals surface area contributed by atoms with Crippen LogP contribution in [-0.2, 0) is 9.59 Å². The molecule has 1 saturated heterocycles. The van der Waals surface area contributed by atoms with Crippen LogP contribution in [0.4, 0.5) is 5.69 Å². The molecule has 6 heteroatoms. The second kappa shape index (κ2) is 8.93. The summed E-state index contributed by atoms with van der Waals surface area (Å²) >= 11 is 6.08. The average molecular weight is 484 g/mol. The van der Waals surface area contributed by atoms with Crippen LogP contribution in [0.2, 0.25) is 5.02 Å². The third kappa shape index (κ3) is 3.84. The molecule has 1 aliphatic rings. The van der Waals surface area contributed by atoms with Gasteiger partial charge in [0, 0.05) is 16.3 Å². The van der Waals surface area contributed by atoms with Crippen molar-refractivity contribution in [3.63, 3.8) is 0 Å². The van der Waals surface area contributed by atoms with Crippen molar-refractivity contribution in [2.24, 2.45) is 0 Å². The summed E-state index contributed by atoms with van der Waals surface area (Å²) in [4.78, 5) is 28.3. The first-order valence-corrected chi connectivity index (χ1v) is 11.5. The highest BCUT2D eigenvalue weighted by Gasteiger charge is 2.47. The standard InChI is InChI=1S/C29H22ClNO4/c1-17-16-19(10-15-24(17)35-2)27(32)25-26(23-9-5-7-18-6-3-4-8-22(18)23)31(29(34)28(25)33)21-13-11-20(30)12-14-21/h3-16,26,32H,1-2H3/b27-25-. The van der Waals surface area contributed by atoms with Crippen LogP contribution in [0, 0.1) is 6.92 Å². The van der Waals surface area contributed by atoms with E-state index in [0.29, 0.717) is 22.0 Å². The van der Waals surface area contributed by atoms with Crippen molar-refractivity contribution in [1.29, 1.82) is 0 Å². The molecule has 1 aliphatic heterocycles. The molecule has 1 amide bonds. The summed E-state index contributed by atoms with van der Waals surface area (Å²) in [6, 6.07) is 24.6. The number of aliphatic hydroxyl groups is 1. The van der Waals surface area contributed by atoms with Gasteiger partial charge in [-0.05, 0) is 71.3 Å². The molecule has 0 spiro atoms. The second-order valence-corrected chi connectivity index (χ2v) is 8.83. The van der Waals surface area contributed by atoms with Gasteiger partial charge < -0.3 is 9.84 Å². The Balaban J connectivity index is 1.79. The number of anilines is 1. The summed E-state index contributed by atoms with van der Waals surface area (Å²) in [5.74, 6) is -1.03. The fourth-order valence-electron chi connectivity index (χ4n) is 4.66. The maximum Gasteiger partial charge on any atom is 0.300 e. The quantitative estimate of drug-likeness (QED) is 0.206. The van der Waals surface area contributed by atoms with E-state index in [0.717, 1.165) is 21.9 Å². The van der Waals surface area contributed by atoms with Crippen molar-refractivity contribution in [2.75, 3.05) is 12.0 Å². The van der Waals surface area contributed by atoms with E-state index in [2.05, 4.69) is 0 Å². The predicted molar refractivity (Wildman–Crippen MR) is 138 cm³/mol. The number of aryl methyl sites for hydroxylation is 1. The van der Waals surface area contributed by atoms with Gasteiger partial charge in [0.25, 0.3) is 11.7 Å². The van der Waals surface area contributed by atoms with Gasteiger partial charge in [0.15, 0.2) is 0 Å². The predicted octanol–water partition coefficient (Wildman–Crippen LogP) is 6.44. The molecule has 174 valence electrons. The van der Waals surface area contributed by atoms with Crippen LogP contribution in [-0.4, -0.2) is 23.9 Å². The van der Waals surface area contributed by atoms with E-state index >= 15 is 0 Å². The summed E-state index contributed by atoms with van der Waals surface area (Å²) in [5, 5.41) is 13.8. The maximum absolute atomic E-state index is 13.4. The number of rotatable bonds is 4. The Morgan fingerprint density at radius 1 is 0.943 bits per heavy atom. The van der Waals surface area contributed by atoms with Crippen LogP contribution in [0.5, 0.6) is 5.75 Å². The Morgan fingerprint density at radius 3 is 2.37 bits per heavy atom. The molecule has 0 aliphatic carbocycles. The Morgan fingerprint density at radius 2 is 1.66 bits per heavy atom. The number of carbonyl (C=O) groups excluding carboxylic acids is 2. The first kappa shape index (κ1) is 22.7. The molecule has 1 unspecified atom stereocenters. The number of ketones is 1. The zero-order chi connectivity index (χ0) is 24.7. The lowest BCUT2D eigenvalue weighted by Gasteiger charge is -2.26. The average Bonchev–Trinajstić information content (AvgIpc) is 3.13. The molecule has 1 atom stereocenters. The lowest BCUT2D eigenvalue weighted by atomic mass is 9.91. The fourth-order valence-corrected chi connectivity index (χ4v) is 4.79. The van der Waals surface area contributed by atoms with Gasteiger partial charge in [-0.25, -0.2) is 0 Å². The molecule has 5 rings (SSSR count). The Hall–Kier alpha value is -4.09. The Labute approximate surface area is 207 Å². The minimum absolute atomic E-state index is 0.0332. The van der Waals surface area contributed by atoms with Gasteiger partial charge in [0.2, 0.25) is 0 Å². The number of nitrogens with zero attached hydrogens (tertiary/aromatic N) is 1. The van der Waals surface area contributed by atoms with Crippen molar-refractivity contribution in [1.82, 2.24) is 0 Å². The number of hydrogen-bond acceptors (Lipinski definition) is 4. The van der Waals surface area contributed by atoms with Gasteiger partial charge in [0.1, 0.15) is 11.5 Å². The molecule has 5 nitrogen and oxygen atoms in total.